The first kappa shape index (κ1) is 14.7. The standard InChI is InChI=1S/C12H11N2O4PS/c1-16-19(15,17-2)18-14-11(7-13)10-8-20-12-6-4-3-5-9(10)12/h3-6,8H,1-2H3/b14-11+. The van der Waals surface area contributed by atoms with E-state index in [1.807, 2.05) is 30.3 Å². The zero-order chi connectivity index (χ0) is 14.6. The minimum Gasteiger partial charge on any atom is -0.291 e. The Hall–Kier alpha value is -1.71. The van der Waals surface area contributed by atoms with E-state index >= 15 is 0 Å². The van der Waals surface area contributed by atoms with Crippen LogP contribution in [0, 0.1) is 11.3 Å². The van der Waals surface area contributed by atoms with E-state index in [1.165, 1.54) is 25.6 Å². The van der Waals surface area contributed by atoms with E-state index in [0.717, 1.165) is 10.1 Å². The molecule has 0 aliphatic rings. The lowest BCUT2D eigenvalue weighted by Crippen LogP contribution is -1.98. The molecule has 104 valence electrons. The summed E-state index contributed by atoms with van der Waals surface area (Å²) in [5.74, 6) is 0. The van der Waals surface area contributed by atoms with Gasteiger partial charge in [-0.05, 0) is 6.07 Å². The van der Waals surface area contributed by atoms with Crippen molar-refractivity contribution in [2.45, 2.75) is 0 Å². The van der Waals surface area contributed by atoms with Gasteiger partial charge in [-0.1, -0.05) is 23.4 Å². The fourth-order valence-electron chi connectivity index (χ4n) is 1.52. The van der Waals surface area contributed by atoms with Gasteiger partial charge in [0, 0.05) is 35.2 Å². The summed E-state index contributed by atoms with van der Waals surface area (Å²) >= 11 is 1.48. The van der Waals surface area contributed by atoms with Crippen LogP contribution in [0.3, 0.4) is 0 Å². The normalized spacial score (nSPS) is 12.3. The minimum atomic E-state index is -3.75. The summed E-state index contributed by atoms with van der Waals surface area (Å²) in [6.45, 7) is 0. The highest BCUT2D eigenvalue weighted by molar-refractivity contribution is 7.48. The van der Waals surface area contributed by atoms with Crippen molar-refractivity contribution in [1.82, 2.24) is 0 Å². The number of hydrogen-bond acceptors (Lipinski definition) is 7. The molecule has 0 N–H and O–H groups in total. The van der Waals surface area contributed by atoms with E-state index in [-0.39, 0.29) is 5.71 Å². The van der Waals surface area contributed by atoms with Crippen LogP contribution in [-0.2, 0) is 18.2 Å². The molecule has 0 saturated carbocycles. The van der Waals surface area contributed by atoms with Gasteiger partial charge in [0.1, 0.15) is 6.07 Å². The summed E-state index contributed by atoms with van der Waals surface area (Å²) in [4.78, 5) is 0. The maximum atomic E-state index is 11.7. The van der Waals surface area contributed by atoms with Crippen LogP contribution in [0.4, 0.5) is 0 Å². The fraction of sp³-hybridized carbons (Fsp3) is 0.167. The Morgan fingerprint density at radius 3 is 2.70 bits per heavy atom. The number of thiophene rings is 1. The number of oxime groups is 1. The topological polar surface area (TPSA) is 80.9 Å². The monoisotopic (exact) mass is 310 g/mol. The molecular weight excluding hydrogens is 299 g/mol. The van der Waals surface area contributed by atoms with Crippen LogP contribution in [0.1, 0.15) is 5.56 Å². The van der Waals surface area contributed by atoms with Crippen LogP contribution in [0.25, 0.3) is 10.1 Å². The second-order valence-electron chi connectivity index (χ2n) is 3.59. The Morgan fingerprint density at radius 1 is 1.35 bits per heavy atom. The van der Waals surface area contributed by atoms with E-state index in [4.69, 9.17) is 4.62 Å². The van der Waals surface area contributed by atoms with Gasteiger partial charge in [-0.2, -0.15) is 5.26 Å². The molecule has 0 bridgehead atoms. The number of nitrogens with zero attached hydrogens (tertiary/aromatic N) is 2. The zero-order valence-corrected chi connectivity index (χ0v) is 12.5. The summed E-state index contributed by atoms with van der Waals surface area (Å²) < 4.78 is 26.6. The molecule has 1 heterocycles. The molecule has 1 aromatic heterocycles. The molecule has 0 atom stereocenters. The van der Waals surface area contributed by atoms with E-state index in [1.54, 1.807) is 5.38 Å². The predicted molar refractivity (Wildman–Crippen MR) is 76.7 cm³/mol. The molecule has 0 aliphatic heterocycles. The molecule has 0 fully saturated rings. The Morgan fingerprint density at radius 2 is 2.05 bits per heavy atom. The van der Waals surface area contributed by atoms with Crippen molar-refractivity contribution in [2.75, 3.05) is 14.2 Å². The molecule has 0 radical (unpaired) electrons. The third kappa shape index (κ3) is 2.89. The van der Waals surface area contributed by atoms with Gasteiger partial charge in [-0.3, -0.25) is 13.7 Å². The number of fused-ring (bicyclic) bond motifs is 1. The highest BCUT2D eigenvalue weighted by atomic mass is 32.1. The van der Waals surface area contributed by atoms with Gasteiger partial charge in [0.05, 0.1) is 0 Å². The second-order valence-corrected chi connectivity index (χ2v) is 6.29. The molecule has 20 heavy (non-hydrogen) atoms. The van der Waals surface area contributed by atoms with Gasteiger partial charge in [0.15, 0.2) is 5.71 Å². The van der Waals surface area contributed by atoms with Crippen LogP contribution in [0.5, 0.6) is 0 Å². The van der Waals surface area contributed by atoms with Crippen molar-refractivity contribution in [3.8, 4) is 6.07 Å². The Kier molecular flexibility index (Phi) is 4.53. The SMILES string of the molecule is COP(=O)(OC)O/N=C(\C#N)c1csc2ccccc12. The van der Waals surface area contributed by atoms with Gasteiger partial charge in [0.2, 0.25) is 0 Å². The average molecular weight is 310 g/mol. The van der Waals surface area contributed by atoms with E-state index in [9.17, 15) is 9.83 Å². The Balaban J connectivity index is 2.38. The summed E-state index contributed by atoms with van der Waals surface area (Å²) in [7, 11) is -1.40. The Labute approximate surface area is 119 Å². The number of phosphoric ester groups is 1. The van der Waals surface area contributed by atoms with Crippen LogP contribution in [0.2, 0.25) is 0 Å². The van der Waals surface area contributed by atoms with Gasteiger partial charge < -0.3 is 0 Å². The van der Waals surface area contributed by atoms with E-state index < -0.39 is 7.82 Å². The van der Waals surface area contributed by atoms with Crippen molar-refractivity contribution >= 4 is 35.0 Å². The zero-order valence-electron chi connectivity index (χ0n) is 10.8. The number of hydrogen-bond donors (Lipinski definition) is 0. The summed E-state index contributed by atoms with van der Waals surface area (Å²) in [6, 6.07) is 9.50. The molecule has 1 aromatic carbocycles. The highest BCUT2D eigenvalue weighted by Crippen LogP contribution is 2.48. The van der Waals surface area contributed by atoms with Crippen molar-refractivity contribution in [1.29, 1.82) is 5.26 Å². The molecule has 8 heteroatoms. The number of rotatable bonds is 5. The van der Waals surface area contributed by atoms with E-state index in [2.05, 4.69) is 14.2 Å². The molecule has 2 aromatic rings. The summed E-state index contributed by atoms with van der Waals surface area (Å²) in [5, 5.41) is 15.4. The number of nitriles is 1. The molecule has 0 spiro atoms. The van der Waals surface area contributed by atoms with Crippen LogP contribution >= 0.6 is 19.2 Å². The molecule has 0 unspecified atom stereocenters. The van der Waals surface area contributed by atoms with Gasteiger partial charge in [-0.15, -0.1) is 11.3 Å². The first-order chi connectivity index (χ1) is 9.63. The molecule has 2 rings (SSSR count). The highest BCUT2D eigenvalue weighted by Gasteiger charge is 2.25. The van der Waals surface area contributed by atoms with Crippen molar-refractivity contribution in [3.05, 3.63) is 35.2 Å². The largest absolute Gasteiger partial charge is 0.549 e. The molecule has 0 saturated heterocycles. The second kappa shape index (κ2) is 6.16. The summed E-state index contributed by atoms with van der Waals surface area (Å²) in [6.07, 6.45) is 0. The lowest BCUT2D eigenvalue weighted by atomic mass is 10.1. The smallest absolute Gasteiger partial charge is 0.291 e. The van der Waals surface area contributed by atoms with Crippen molar-refractivity contribution < 1.29 is 18.2 Å². The third-order valence-corrected chi connectivity index (χ3v) is 4.66. The molecule has 6 nitrogen and oxygen atoms in total. The number of benzene rings is 1. The van der Waals surface area contributed by atoms with Crippen LogP contribution in [-0.4, -0.2) is 19.9 Å². The fourth-order valence-corrected chi connectivity index (χ4v) is 2.93. The number of phosphoric acid groups is 1. The van der Waals surface area contributed by atoms with Crippen LogP contribution < -0.4 is 0 Å². The maximum absolute atomic E-state index is 11.7. The molecule has 0 amide bonds. The van der Waals surface area contributed by atoms with Crippen molar-refractivity contribution in [3.63, 3.8) is 0 Å². The van der Waals surface area contributed by atoms with Gasteiger partial charge in [-0.25, -0.2) is 4.57 Å². The lowest BCUT2D eigenvalue weighted by molar-refractivity contribution is 0.157. The molecule has 0 aliphatic carbocycles. The maximum Gasteiger partial charge on any atom is 0.549 e. The van der Waals surface area contributed by atoms with Crippen LogP contribution in [0.15, 0.2) is 34.8 Å². The summed E-state index contributed by atoms with van der Waals surface area (Å²) in [5.41, 5.74) is 0.628. The lowest BCUT2D eigenvalue weighted by Gasteiger charge is -2.09. The van der Waals surface area contributed by atoms with E-state index in [0.29, 0.717) is 5.56 Å². The first-order valence-electron chi connectivity index (χ1n) is 5.48. The third-order valence-electron chi connectivity index (χ3n) is 2.52. The quantitative estimate of drug-likeness (QED) is 0.479. The minimum absolute atomic E-state index is 0.0109. The van der Waals surface area contributed by atoms with Gasteiger partial charge >= 0.3 is 7.82 Å². The first-order valence-corrected chi connectivity index (χ1v) is 7.82. The van der Waals surface area contributed by atoms with Gasteiger partial charge in [0.25, 0.3) is 0 Å². The molecular formula is C12H11N2O4PS. The average Bonchev–Trinajstić information content (AvgIpc) is 2.92. The Bertz CT molecular complexity index is 726. The van der Waals surface area contributed by atoms with Crippen molar-refractivity contribution in [2.24, 2.45) is 5.16 Å². The predicted octanol–water partition coefficient (Wildman–Crippen LogP) is 3.55.